The molecule has 1 unspecified atom stereocenters. The van der Waals surface area contributed by atoms with E-state index in [0.29, 0.717) is 11.7 Å². The van der Waals surface area contributed by atoms with Crippen LogP contribution in [0.2, 0.25) is 0 Å². The summed E-state index contributed by atoms with van der Waals surface area (Å²) in [5.41, 5.74) is 2.92. The highest BCUT2D eigenvalue weighted by molar-refractivity contribution is 8.15. The number of nitrogens with one attached hydrogen (secondary N) is 2. The lowest BCUT2D eigenvalue weighted by atomic mass is 10.1. The van der Waals surface area contributed by atoms with Gasteiger partial charge in [0.05, 0.1) is 6.54 Å². The Morgan fingerprint density at radius 3 is 2.95 bits per heavy atom. The van der Waals surface area contributed by atoms with Crippen molar-refractivity contribution in [2.75, 3.05) is 11.9 Å². The van der Waals surface area contributed by atoms with Gasteiger partial charge in [-0.25, -0.2) is 0 Å². The smallest absolute Gasteiger partial charge is 0.240 e. The van der Waals surface area contributed by atoms with Gasteiger partial charge in [0, 0.05) is 12.1 Å². The molecule has 22 heavy (non-hydrogen) atoms. The lowest BCUT2D eigenvalue weighted by molar-refractivity contribution is -0.122. The van der Waals surface area contributed by atoms with Crippen molar-refractivity contribution in [3.05, 3.63) is 42.0 Å². The van der Waals surface area contributed by atoms with Gasteiger partial charge in [0.25, 0.3) is 0 Å². The Bertz CT molecular complexity index is 640. The summed E-state index contributed by atoms with van der Waals surface area (Å²) in [6.45, 7) is 7.97. The summed E-state index contributed by atoms with van der Waals surface area (Å²) >= 11 is 1.28. The van der Waals surface area contributed by atoms with E-state index in [1.165, 1.54) is 11.8 Å². The molecule has 1 fully saturated rings. The van der Waals surface area contributed by atoms with Crippen LogP contribution in [0.15, 0.2) is 35.8 Å². The highest BCUT2D eigenvalue weighted by atomic mass is 32.2. The molecule has 0 aliphatic carbocycles. The van der Waals surface area contributed by atoms with Crippen molar-refractivity contribution < 1.29 is 9.59 Å². The minimum absolute atomic E-state index is 0.122. The predicted molar refractivity (Wildman–Crippen MR) is 91.2 cm³/mol. The topological polar surface area (TPSA) is 70.6 Å². The predicted octanol–water partition coefficient (Wildman–Crippen LogP) is 2.41. The summed E-state index contributed by atoms with van der Waals surface area (Å²) in [6, 6.07) is 5.83. The van der Waals surface area contributed by atoms with Crippen LogP contribution in [0.5, 0.6) is 0 Å². The van der Waals surface area contributed by atoms with Gasteiger partial charge in [0.15, 0.2) is 5.17 Å². The summed E-state index contributed by atoms with van der Waals surface area (Å²) < 4.78 is 0. The summed E-state index contributed by atoms with van der Waals surface area (Å²) in [6.07, 6.45) is 1.77. The maximum atomic E-state index is 12.1. The SMILES string of the molecule is C=CCN=C1NC(=O)C(CC(=O)Nc2ccc(C)cc2C)S1. The van der Waals surface area contributed by atoms with Crippen LogP contribution in [0.4, 0.5) is 5.69 Å². The quantitative estimate of drug-likeness (QED) is 0.819. The van der Waals surface area contributed by atoms with E-state index in [2.05, 4.69) is 22.2 Å². The Morgan fingerprint density at radius 2 is 2.27 bits per heavy atom. The van der Waals surface area contributed by atoms with Crippen molar-refractivity contribution in [2.45, 2.75) is 25.5 Å². The maximum Gasteiger partial charge on any atom is 0.240 e. The molecular weight excluding hydrogens is 298 g/mol. The molecule has 1 atom stereocenters. The van der Waals surface area contributed by atoms with Crippen LogP contribution in [0, 0.1) is 13.8 Å². The molecule has 1 aliphatic rings. The number of aliphatic imine (C=N–C) groups is 1. The second-order valence-electron chi connectivity index (χ2n) is 5.10. The number of benzene rings is 1. The molecule has 1 aliphatic heterocycles. The molecule has 2 N–H and O–H groups in total. The highest BCUT2D eigenvalue weighted by Gasteiger charge is 2.31. The molecule has 2 rings (SSSR count). The normalized spacial score (nSPS) is 19.1. The van der Waals surface area contributed by atoms with Gasteiger partial charge >= 0.3 is 0 Å². The van der Waals surface area contributed by atoms with Crippen LogP contribution >= 0.6 is 11.8 Å². The fourth-order valence-corrected chi connectivity index (χ4v) is 3.06. The summed E-state index contributed by atoms with van der Waals surface area (Å²) in [5, 5.41) is 5.64. The van der Waals surface area contributed by atoms with Crippen molar-refractivity contribution in [2.24, 2.45) is 4.99 Å². The van der Waals surface area contributed by atoms with E-state index in [0.717, 1.165) is 16.8 Å². The van der Waals surface area contributed by atoms with E-state index in [9.17, 15) is 9.59 Å². The average Bonchev–Trinajstić information content (AvgIpc) is 2.80. The molecule has 1 heterocycles. The van der Waals surface area contributed by atoms with Gasteiger partial charge in [-0.1, -0.05) is 35.5 Å². The van der Waals surface area contributed by atoms with E-state index in [4.69, 9.17) is 0 Å². The van der Waals surface area contributed by atoms with Crippen LogP contribution in [0.1, 0.15) is 17.5 Å². The molecule has 6 heteroatoms. The molecule has 0 aromatic heterocycles. The summed E-state index contributed by atoms with van der Waals surface area (Å²) in [5.74, 6) is -0.354. The van der Waals surface area contributed by atoms with Crippen molar-refractivity contribution in [3.63, 3.8) is 0 Å². The first kappa shape index (κ1) is 16.3. The third kappa shape index (κ3) is 4.21. The fraction of sp³-hybridized carbons (Fsp3) is 0.312. The average molecular weight is 317 g/mol. The van der Waals surface area contributed by atoms with Crippen molar-refractivity contribution in [1.82, 2.24) is 5.32 Å². The lowest BCUT2D eigenvalue weighted by Gasteiger charge is -2.10. The molecular formula is C16H19N3O2S. The number of hydrogen-bond donors (Lipinski definition) is 2. The largest absolute Gasteiger partial charge is 0.326 e. The van der Waals surface area contributed by atoms with E-state index in [1.54, 1.807) is 6.08 Å². The Morgan fingerprint density at radius 1 is 1.50 bits per heavy atom. The first-order chi connectivity index (χ1) is 10.5. The zero-order valence-electron chi connectivity index (χ0n) is 12.7. The first-order valence-electron chi connectivity index (χ1n) is 6.99. The molecule has 5 nitrogen and oxygen atoms in total. The first-order valence-corrected chi connectivity index (χ1v) is 7.87. The van der Waals surface area contributed by atoms with Crippen LogP contribution in [-0.4, -0.2) is 28.8 Å². The number of thioether (sulfide) groups is 1. The number of rotatable bonds is 5. The standard InChI is InChI=1S/C16H19N3O2S/c1-4-7-17-16-19-15(21)13(22-16)9-14(20)18-12-6-5-10(2)8-11(12)3/h4-6,8,13H,1,7,9H2,2-3H3,(H,18,20)(H,17,19,21). The van der Waals surface area contributed by atoms with Gasteiger partial charge in [-0.15, -0.1) is 6.58 Å². The molecule has 0 spiro atoms. The Kier molecular flexibility index (Phi) is 5.38. The monoisotopic (exact) mass is 317 g/mol. The molecule has 2 amide bonds. The molecule has 1 saturated heterocycles. The summed E-state index contributed by atoms with van der Waals surface area (Å²) in [7, 11) is 0. The van der Waals surface area contributed by atoms with Crippen LogP contribution in [0.3, 0.4) is 0 Å². The zero-order chi connectivity index (χ0) is 16.1. The Balaban J connectivity index is 1.95. The second-order valence-corrected chi connectivity index (χ2v) is 6.29. The molecule has 0 radical (unpaired) electrons. The van der Waals surface area contributed by atoms with Gasteiger partial charge in [-0.3, -0.25) is 14.6 Å². The second kappa shape index (κ2) is 7.26. The number of aryl methyl sites for hydroxylation is 2. The van der Waals surface area contributed by atoms with E-state index in [1.807, 2.05) is 32.0 Å². The van der Waals surface area contributed by atoms with Crippen LogP contribution in [-0.2, 0) is 9.59 Å². The zero-order valence-corrected chi connectivity index (χ0v) is 13.5. The molecule has 0 saturated carbocycles. The minimum atomic E-state index is -0.436. The number of anilines is 1. The third-order valence-corrected chi connectivity index (χ3v) is 4.29. The molecule has 1 aromatic carbocycles. The van der Waals surface area contributed by atoms with Crippen molar-refractivity contribution in [3.8, 4) is 0 Å². The molecule has 1 aromatic rings. The molecule has 116 valence electrons. The van der Waals surface area contributed by atoms with E-state index < -0.39 is 5.25 Å². The van der Waals surface area contributed by atoms with Gasteiger partial charge < -0.3 is 10.6 Å². The van der Waals surface area contributed by atoms with Crippen LogP contribution < -0.4 is 10.6 Å². The van der Waals surface area contributed by atoms with Crippen LogP contribution in [0.25, 0.3) is 0 Å². The lowest BCUT2D eigenvalue weighted by Crippen LogP contribution is -2.28. The van der Waals surface area contributed by atoms with Gasteiger partial charge in [-0.05, 0) is 25.5 Å². The van der Waals surface area contributed by atoms with Crippen molar-refractivity contribution in [1.29, 1.82) is 0 Å². The van der Waals surface area contributed by atoms with Crippen molar-refractivity contribution >= 4 is 34.4 Å². The number of carbonyl (C=O) groups excluding carboxylic acids is 2. The third-order valence-electron chi connectivity index (χ3n) is 3.17. The number of hydrogen-bond acceptors (Lipinski definition) is 4. The van der Waals surface area contributed by atoms with E-state index in [-0.39, 0.29) is 18.2 Å². The minimum Gasteiger partial charge on any atom is -0.326 e. The number of carbonyl (C=O) groups is 2. The van der Waals surface area contributed by atoms with Gasteiger partial charge in [0.2, 0.25) is 11.8 Å². The highest BCUT2D eigenvalue weighted by Crippen LogP contribution is 2.23. The number of amides is 2. The van der Waals surface area contributed by atoms with Gasteiger partial charge in [0.1, 0.15) is 5.25 Å². The number of nitrogens with zero attached hydrogens (tertiary/aromatic N) is 1. The Hall–Kier alpha value is -2.08. The van der Waals surface area contributed by atoms with Gasteiger partial charge in [-0.2, -0.15) is 0 Å². The summed E-state index contributed by atoms with van der Waals surface area (Å²) in [4.78, 5) is 28.1. The Labute approximate surface area is 134 Å². The maximum absolute atomic E-state index is 12.1. The number of amidine groups is 1. The fourth-order valence-electron chi connectivity index (χ4n) is 2.09. The molecule has 0 bridgehead atoms. The van der Waals surface area contributed by atoms with E-state index >= 15 is 0 Å².